The minimum atomic E-state index is -0.628. The first-order valence-electron chi connectivity index (χ1n) is 4.82. The first-order valence-corrected chi connectivity index (χ1v) is 4.82. The molecule has 0 bridgehead atoms. The Balaban J connectivity index is 2.37. The van der Waals surface area contributed by atoms with E-state index in [1.807, 2.05) is 0 Å². The van der Waals surface area contributed by atoms with Crippen LogP contribution in [0.2, 0.25) is 0 Å². The SMILES string of the molecule is COc1ccc(OC[C@H](O)CCO)cc1. The highest BCUT2D eigenvalue weighted by Gasteiger charge is 2.03. The maximum Gasteiger partial charge on any atom is 0.119 e. The molecule has 4 nitrogen and oxygen atoms in total. The molecule has 0 spiro atoms. The van der Waals surface area contributed by atoms with Crippen LogP contribution in [0.4, 0.5) is 0 Å². The summed E-state index contributed by atoms with van der Waals surface area (Å²) >= 11 is 0. The first-order chi connectivity index (χ1) is 7.26. The molecule has 0 saturated heterocycles. The summed E-state index contributed by atoms with van der Waals surface area (Å²) in [6.45, 7) is 0.153. The summed E-state index contributed by atoms with van der Waals surface area (Å²) in [5.74, 6) is 1.44. The van der Waals surface area contributed by atoms with Gasteiger partial charge in [0.1, 0.15) is 18.1 Å². The maximum absolute atomic E-state index is 9.30. The number of benzene rings is 1. The molecule has 0 aromatic heterocycles. The molecule has 0 aliphatic rings. The second-order valence-corrected chi connectivity index (χ2v) is 3.15. The number of rotatable bonds is 6. The van der Waals surface area contributed by atoms with Crippen LogP contribution >= 0.6 is 0 Å². The highest BCUT2D eigenvalue weighted by atomic mass is 16.5. The van der Waals surface area contributed by atoms with E-state index in [2.05, 4.69) is 0 Å². The van der Waals surface area contributed by atoms with Crippen LogP contribution in [-0.4, -0.2) is 36.6 Å². The third-order valence-electron chi connectivity index (χ3n) is 1.96. The molecule has 0 saturated carbocycles. The number of aliphatic hydroxyl groups excluding tert-OH is 2. The summed E-state index contributed by atoms with van der Waals surface area (Å²) in [4.78, 5) is 0. The number of hydrogen-bond donors (Lipinski definition) is 2. The molecule has 1 rings (SSSR count). The van der Waals surface area contributed by atoms with E-state index in [-0.39, 0.29) is 13.2 Å². The van der Waals surface area contributed by atoms with Gasteiger partial charge in [-0.3, -0.25) is 0 Å². The van der Waals surface area contributed by atoms with Crippen LogP contribution in [0.15, 0.2) is 24.3 Å². The second kappa shape index (κ2) is 6.27. The van der Waals surface area contributed by atoms with E-state index in [9.17, 15) is 5.11 Å². The number of hydrogen-bond acceptors (Lipinski definition) is 4. The summed E-state index contributed by atoms with van der Waals surface area (Å²) in [6, 6.07) is 7.11. The van der Waals surface area contributed by atoms with E-state index in [0.29, 0.717) is 12.2 Å². The average Bonchev–Trinajstić information content (AvgIpc) is 2.27. The first kappa shape index (κ1) is 11.8. The van der Waals surface area contributed by atoms with Gasteiger partial charge in [-0.05, 0) is 30.7 Å². The van der Waals surface area contributed by atoms with Crippen molar-refractivity contribution in [3.8, 4) is 11.5 Å². The molecule has 0 unspecified atom stereocenters. The Morgan fingerprint density at radius 2 is 1.80 bits per heavy atom. The van der Waals surface area contributed by atoms with E-state index >= 15 is 0 Å². The van der Waals surface area contributed by atoms with Crippen molar-refractivity contribution in [1.82, 2.24) is 0 Å². The maximum atomic E-state index is 9.30. The molecular weight excluding hydrogens is 196 g/mol. The zero-order valence-corrected chi connectivity index (χ0v) is 8.72. The van der Waals surface area contributed by atoms with Gasteiger partial charge in [0.05, 0.1) is 13.2 Å². The predicted molar refractivity (Wildman–Crippen MR) is 56.2 cm³/mol. The summed E-state index contributed by atoms with van der Waals surface area (Å²) in [7, 11) is 1.60. The Labute approximate surface area is 89.1 Å². The molecule has 0 radical (unpaired) electrons. The molecule has 1 aromatic rings. The Morgan fingerprint density at radius 3 is 2.33 bits per heavy atom. The topological polar surface area (TPSA) is 58.9 Å². The fraction of sp³-hybridized carbons (Fsp3) is 0.455. The van der Waals surface area contributed by atoms with Crippen molar-refractivity contribution < 1.29 is 19.7 Å². The van der Waals surface area contributed by atoms with Gasteiger partial charge in [-0.25, -0.2) is 0 Å². The molecular formula is C11H16O4. The zero-order chi connectivity index (χ0) is 11.1. The lowest BCUT2D eigenvalue weighted by Gasteiger charge is -2.11. The van der Waals surface area contributed by atoms with Gasteiger partial charge in [0.15, 0.2) is 0 Å². The van der Waals surface area contributed by atoms with Gasteiger partial charge in [-0.15, -0.1) is 0 Å². The van der Waals surface area contributed by atoms with Gasteiger partial charge in [0.25, 0.3) is 0 Å². The molecule has 84 valence electrons. The number of ether oxygens (including phenoxy) is 2. The quantitative estimate of drug-likeness (QED) is 0.733. The number of methoxy groups -OCH3 is 1. The van der Waals surface area contributed by atoms with Gasteiger partial charge < -0.3 is 19.7 Å². The molecule has 0 fully saturated rings. The summed E-state index contributed by atoms with van der Waals surface area (Å²) < 4.78 is 10.3. The van der Waals surface area contributed by atoms with E-state index in [1.54, 1.807) is 31.4 Å². The van der Waals surface area contributed by atoms with Gasteiger partial charge in [0, 0.05) is 6.61 Å². The van der Waals surface area contributed by atoms with Crippen molar-refractivity contribution in [2.75, 3.05) is 20.3 Å². The largest absolute Gasteiger partial charge is 0.497 e. The molecule has 2 N–H and O–H groups in total. The van der Waals surface area contributed by atoms with Crippen LogP contribution in [0.25, 0.3) is 0 Å². The standard InChI is InChI=1S/C11H16O4/c1-14-10-2-4-11(5-3-10)15-8-9(13)6-7-12/h2-5,9,12-13H,6-8H2,1H3/t9-/m1/s1. The van der Waals surface area contributed by atoms with E-state index in [0.717, 1.165) is 5.75 Å². The highest BCUT2D eigenvalue weighted by Crippen LogP contribution is 2.17. The van der Waals surface area contributed by atoms with Crippen LogP contribution in [0, 0.1) is 0 Å². The minimum Gasteiger partial charge on any atom is -0.497 e. The summed E-state index contributed by atoms with van der Waals surface area (Å²) in [5.41, 5.74) is 0. The van der Waals surface area contributed by atoms with Crippen LogP contribution in [0.5, 0.6) is 11.5 Å². The van der Waals surface area contributed by atoms with Gasteiger partial charge in [0.2, 0.25) is 0 Å². The van der Waals surface area contributed by atoms with Crippen molar-refractivity contribution >= 4 is 0 Å². The molecule has 0 aliphatic carbocycles. The summed E-state index contributed by atoms with van der Waals surface area (Å²) in [6.07, 6.45) is -0.298. The van der Waals surface area contributed by atoms with Crippen molar-refractivity contribution in [1.29, 1.82) is 0 Å². The molecule has 4 heteroatoms. The van der Waals surface area contributed by atoms with Crippen LogP contribution in [-0.2, 0) is 0 Å². The lowest BCUT2D eigenvalue weighted by atomic mass is 10.3. The molecule has 0 heterocycles. The van der Waals surface area contributed by atoms with Gasteiger partial charge >= 0.3 is 0 Å². The second-order valence-electron chi connectivity index (χ2n) is 3.15. The Hall–Kier alpha value is -1.26. The molecule has 0 aliphatic heterocycles. The average molecular weight is 212 g/mol. The zero-order valence-electron chi connectivity index (χ0n) is 8.72. The smallest absolute Gasteiger partial charge is 0.119 e. The monoisotopic (exact) mass is 212 g/mol. The molecule has 15 heavy (non-hydrogen) atoms. The van der Waals surface area contributed by atoms with E-state index in [1.165, 1.54) is 0 Å². The lowest BCUT2D eigenvalue weighted by molar-refractivity contribution is 0.0821. The third-order valence-corrected chi connectivity index (χ3v) is 1.96. The van der Waals surface area contributed by atoms with Gasteiger partial charge in [-0.2, -0.15) is 0 Å². The Morgan fingerprint density at radius 1 is 1.20 bits per heavy atom. The molecule has 0 amide bonds. The normalized spacial score (nSPS) is 12.2. The van der Waals surface area contributed by atoms with Crippen LogP contribution < -0.4 is 9.47 Å². The van der Waals surface area contributed by atoms with Crippen molar-refractivity contribution in [3.05, 3.63) is 24.3 Å². The van der Waals surface area contributed by atoms with Crippen molar-refractivity contribution in [3.63, 3.8) is 0 Å². The summed E-state index contributed by atoms with van der Waals surface area (Å²) in [5, 5.41) is 17.9. The Bertz CT molecular complexity index is 270. The Kier molecular flexibility index (Phi) is 4.93. The van der Waals surface area contributed by atoms with E-state index in [4.69, 9.17) is 14.6 Å². The third kappa shape index (κ3) is 4.18. The molecule has 1 atom stereocenters. The molecule has 1 aromatic carbocycles. The van der Waals surface area contributed by atoms with Crippen molar-refractivity contribution in [2.45, 2.75) is 12.5 Å². The van der Waals surface area contributed by atoms with E-state index < -0.39 is 6.10 Å². The fourth-order valence-electron chi connectivity index (χ4n) is 1.10. The minimum absolute atomic E-state index is 0.0346. The van der Waals surface area contributed by atoms with Crippen molar-refractivity contribution in [2.24, 2.45) is 0 Å². The number of aliphatic hydroxyl groups is 2. The van der Waals surface area contributed by atoms with Gasteiger partial charge in [-0.1, -0.05) is 0 Å². The van der Waals surface area contributed by atoms with Crippen LogP contribution in [0.1, 0.15) is 6.42 Å². The lowest BCUT2D eigenvalue weighted by Crippen LogP contribution is -2.18. The van der Waals surface area contributed by atoms with Crippen LogP contribution in [0.3, 0.4) is 0 Å². The fourth-order valence-corrected chi connectivity index (χ4v) is 1.10. The predicted octanol–water partition coefficient (Wildman–Crippen LogP) is 0.817. The highest BCUT2D eigenvalue weighted by molar-refractivity contribution is 5.31.